The molecule has 1 fully saturated rings. The summed E-state index contributed by atoms with van der Waals surface area (Å²) < 4.78 is 10.8. The van der Waals surface area contributed by atoms with Crippen LogP contribution in [0.3, 0.4) is 0 Å². The first-order valence-electron chi connectivity index (χ1n) is 10.9. The van der Waals surface area contributed by atoms with Crippen molar-refractivity contribution in [3.63, 3.8) is 0 Å². The van der Waals surface area contributed by atoms with Gasteiger partial charge in [0.1, 0.15) is 0 Å². The van der Waals surface area contributed by atoms with Gasteiger partial charge in [0.05, 0.1) is 32.0 Å². The van der Waals surface area contributed by atoms with Crippen LogP contribution >= 0.6 is 22.9 Å². The van der Waals surface area contributed by atoms with Crippen LogP contribution in [-0.2, 0) is 13.1 Å². The molecule has 4 rings (SSSR count). The van der Waals surface area contributed by atoms with Crippen LogP contribution in [0, 0.1) is 6.92 Å². The van der Waals surface area contributed by atoms with Gasteiger partial charge < -0.3 is 14.8 Å². The van der Waals surface area contributed by atoms with Crippen LogP contribution in [0.1, 0.15) is 44.4 Å². The van der Waals surface area contributed by atoms with Crippen LogP contribution in [0.15, 0.2) is 41.9 Å². The molecule has 1 aliphatic rings. The Kier molecular flexibility index (Phi) is 7.53. The number of hydrogen-bond acceptors (Lipinski definition) is 6. The Hall–Kier alpha value is -2.61. The first-order chi connectivity index (χ1) is 16.0. The predicted octanol–water partition coefficient (Wildman–Crippen LogP) is 5.04. The maximum Gasteiger partial charge on any atom is 0.251 e. The summed E-state index contributed by atoms with van der Waals surface area (Å²) in [6.45, 7) is 5.12. The molecule has 0 spiro atoms. The Morgan fingerprint density at radius 2 is 2.06 bits per heavy atom. The number of carbonyl (C=O) groups excluding carboxylic acids is 1. The van der Waals surface area contributed by atoms with E-state index in [-0.39, 0.29) is 5.91 Å². The van der Waals surface area contributed by atoms with Crippen molar-refractivity contribution in [2.75, 3.05) is 27.3 Å². The summed E-state index contributed by atoms with van der Waals surface area (Å²) in [6, 6.07) is 11.5. The molecule has 1 amide bonds. The van der Waals surface area contributed by atoms with Crippen molar-refractivity contribution in [2.45, 2.75) is 32.4 Å². The van der Waals surface area contributed by atoms with Crippen LogP contribution in [0.2, 0.25) is 5.02 Å². The molecule has 174 valence electrons. The number of amides is 1. The van der Waals surface area contributed by atoms with E-state index in [0.29, 0.717) is 23.0 Å². The van der Waals surface area contributed by atoms with E-state index in [2.05, 4.69) is 21.3 Å². The highest BCUT2D eigenvalue weighted by Gasteiger charge is 2.28. The van der Waals surface area contributed by atoms with Gasteiger partial charge in [-0.05, 0) is 55.3 Å². The lowest BCUT2D eigenvalue weighted by Gasteiger charge is -2.17. The molecular weight excluding hydrogens is 458 g/mol. The SMILES string of the molecule is COc1ccc(CN2CCC(c3ncsc3CNC(=O)c3cccc(Cl)c3C)C2)cc1OC. The highest BCUT2D eigenvalue weighted by Crippen LogP contribution is 2.33. The molecule has 6 nitrogen and oxygen atoms in total. The molecular formula is C25H28ClN3O3S. The summed E-state index contributed by atoms with van der Waals surface area (Å²) in [5.74, 6) is 1.73. The number of nitrogens with one attached hydrogen (secondary N) is 1. The van der Waals surface area contributed by atoms with E-state index in [9.17, 15) is 4.79 Å². The van der Waals surface area contributed by atoms with Crippen molar-refractivity contribution in [3.05, 3.63) is 74.2 Å². The lowest BCUT2D eigenvalue weighted by atomic mass is 10.0. The fourth-order valence-corrected chi connectivity index (χ4v) is 5.25. The molecule has 0 radical (unpaired) electrons. The van der Waals surface area contributed by atoms with E-state index in [0.717, 1.165) is 53.7 Å². The van der Waals surface area contributed by atoms with E-state index in [1.54, 1.807) is 43.8 Å². The molecule has 1 aliphatic heterocycles. The predicted molar refractivity (Wildman–Crippen MR) is 132 cm³/mol. The first kappa shape index (κ1) is 23.5. The first-order valence-corrected chi connectivity index (χ1v) is 12.1. The zero-order valence-corrected chi connectivity index (χ0v) is 20.6. The molecule has 1 unspecified atom stereocenters. The second-order valence-corrected chi connectivity index (χ2v) is 9.51. The number of aromatic nitrogens is 1. The number of rotatable bonds is 8. The van der Waals surface area contributed by atoms with Crippen LogP contribution in [0.4, 0.5) is 0 Å². The summed E-state index contributed by atoms with van der Waals surface area (Å²) in [5, 5.41) is 3.64. The number of methoxy groups -OCH3 is 2. The second-order valence-electron chi connectivity index (χ2n) is 8.17. The smallest absolute Gasteiger partial charge is 0.251 e. The minimum absolute atomic E-state index is 0.115. The lowest BCUT2D eigenvalue weighted by molar-refractivity contribution is 0.0950. The minimum atomic E-state index is -0.115. The fraction of sp³-hybridized carbons (Fsp3) is 0.360. The Balaban J connectivity index is 1.37. The molecule has 0 saturated carbocycles. The molecule has 0 bridgehead atoms. The molecule has 8 heteroatoms. The van der Waals surface area contributed by atoms with Gasteiger partial charge >= 0.3 is 0 Å². The zero-order valence-electron chi connectivity index (χ0n) is 19.1. The Morgan fingerprint density at radius 3 is 2.85 bits per heavy atom. The molecule has 0 aliphatic carbocycles. The summed E-state index contributed by atoms with van der Waals surface area (Å²) in [5.41, 5.74) is 5.56. The number of thiazole rings is 1. The third-order valence-electron chi connectivity index (χ3n) is 6.11. The van der Waals surface area contributed by atoms with Crippen molar-refractivity contribution in [2.24, 2.45) is 0 Å². The van der Waals surface area contributed by atoms with E-state index < -0.39 is 0 Å². The van der Waals surface area contributed by atoms with Crippen molar-refractivity contribution in [3.8, 4) is 11.5 Å². The highest BCUT2D eigenvalue weighted by molar-refractivity contribution is 7.09. The van der Waals surface area contributed by atoms with Gasteiger partial charge in [-0.3, -0.25) is 9.69 Å². The van der Waals surface area contributed by atoms with Crippen molar-refractivity contribution in [1.82, 2.24) is 15.2 Å². The summed E-state index contributed by atoms with van der Waals surface area (Å²) in [4.78, 5) is 20.9. The number of likely N-dealkylation sites (tertiary alicyclic amines) is 1. The molecule has 33 heavy (non-hydrogen) atoms. The number of ether oxygens (including phenoxy) is 2. The zero-order chi connectivity index (χ0) is 23.4. The van der Waals surface area contributed by atoms with E-state index in [1.807, 2.05) is 24.6 Å². The van der Waals surface area contributed by atoms with Gasteiger partial charge in [-0.15, -0.1) is 11.3 Å². The van der Waals surface area contributed by atoms with Crippen LogP contribution in [0.25, 0.3) is 0 Å². The largest absolute Gasteiger partial charge is 0.493 e. The third-order valence-corrected chi connectivity index (χ3v) is 7.37. The Labute approximate surface area is 203 Å². The van der Waals surface area contributed by atoms with Gasteiger partial charge in [0.2, 0.25) is 0 Å². The molecule has 3 aromatic rings. The monoisotopic (exact) mass is 485 g/mol. The van der Waals surface area contributed by atoms with Gasteiger partial charge in [-0.2, -0.15) is 0 Å². The normalized spacial score (nSPS) is 16.1. The van der Waals surface area contributed by atoms with Gasteiger partial charge in [0.15, 0.2) is 11.5 Å². The molecule has 1 aromatic heterocycles. The van der Waals surface area contributed by atoms with Crippen molar-refractivity contribution in [1.29, 1.82) is 0 Å². The third kappa shape index (κ3) is 5.32. The Morgan fingerprint density at radius 1 is 1.24 bits per heavy atom. The second kappa shape index (κ2) is 10.5. The number of carbonyl (C=O) groups is 1. The van der Waals surface area contributed by atoms with Crippen molar-refractivity contribution < 1.29 is 14.3 Å². The van der Waals surface area contributed by atoms with Crippen LogP contribution in [-0.4, -0.2) is 43.1 Å². The van der Waals surface area contributed by atoms with Crippen LogP contribution < -0.4 is 14.8 Å². The minimum Gasteiger partial charge on any atom is -0.493 e. The number of hydrogen-bond donors (Lipinski definition) is 1. The van der Waals surface area contributed by atoms with Gasteiger partial charge in [0, 0.05) is 34.5 Å². The van der Waals surface area contributed by atoms with E-state index in [1.165, 1.54) is 5.56 Å². The average molecular weight is 486 g/mol. The van der Waals surface area contributed by atoms with E-state index in [4.69, 9.17) is 21.1 Å². The molecule has 2 aromatic carbocycles. The molecule has 1 N–H and O–H groups in total. The quantitative estimate of drug-likeness (QED) is 0.484. The fourth-order valence-electron chi connectivity index (χ4n) is 4.29. The standard InChI is InChI=1S/C25H28ClN3O3S/c1-16-19(5-4-6-20(16)26)25(30)27-12-23-24(28-15-33-23)18-9-10-29(14-18)13-17-7-8-21(31-2)22(11-17)32-3/h4-8,11,15,18H,9-10,12-14H2,1-3H3,(H,27,30). The van der Waals surface area contributed by atoms with E-state index >= 15 is 0 Å². The highest BCUT2D eigenvalue weighted by atomic mass is 35.5. The van der Waals surface area contributed by atoms with Crippen LogP contribution in [0.5, 0.6) is 11.5 Å². The molecule has 1 atom stereocenters. The maximum absolute atomic E-state index is 12.7. The summed E-state index contributed by atoms with van der Waals surface area (Å²) >= 11 is 7.76. The lowest BCUT2D eigenvalue weighted by Crippen LogP contribution is -2.24. The molecule has 2 heterocycles. The average Bonchev–Trinajstić information content (AvgIpc) is 3.48. The van der Waals surface area contributed by atoms with Crippen molar-refractivity contribution >= 4 is 28.8 Å². The molecule has 1 saturated heterocycles. The summed E-state index contributed by atoms with van der Waals surface area (Å²) in [7, 11) is 3.30. The number of benzene rings is 2. The van der Waals surface area contributed by atoms with Gasteiger partial charge in [-0.25, -0.2) is 4.98 Å². The number of nitrogens with zero attached hydrogens (tertiary/aromatic N) is 2. The van der Waals surface area contributed by atoms with Gasteiger partial charge in [-0.1, -0.05) is 23.7 Å². The topological polar surface area (TPSA) is 63.7 Å². The van der Waals surface area contributed by atoms with Gasteiger partial charge in [0.25, 0.3) is 5.91 Å². The number of halogens is 1. The Bertz CT molecular complexity index is 1130. The summed E-state index contributed by atoms with van der Waals surface area (Å²) in [6.07, 6.45) is 1.05. The maximum atomic E-state index is 12.7.